The van der Waals surface area contributed by atoms with E-state index in [0.29, 0.717) is 18.8 Å². The summed E-state index contributed by atoms with van der Waals surface area (Å²) in [4.78, 5) is 14.9. The molecule has 2 rings (SSSR count). The van der Waals surface area contributed by atoms with Crippen molar-refractivity contribution in [2.75, 3.05) is 12.3 Å². The Hall–Kier alpha value is -1.87. The number of nitrogens with one attached hydrogen (secondary N) is 1. The Bertz CT molecular complexity index is 631. The van der Waals surface area contributed by atoms with Crippen molar-refractivity contribution >= 4 is 22.1 Å². The van der Waals surface area contributed by atoms with Gasteiger partial charge in [0.25, 0.3) is 0 Å². The average Bonchev–Trinajstić information content (AvgIpc) is 2.38. The van der Waals surface area contributed by atoms with Gasteiger partial charge in [0.1, 0.15) is 5.82 Å². The Labute approximate surface area is 123 Å². The molecule has 1 atom stereocenters. The summed E-state index contributed by atoms with van der Waals surface area (Å²) in [5.74, 6) is 0.364. The van der Waals surface area contributed by atoms with Crippen LogP contribution in [0.2, 0.25) is 0 Å². The van der Waals surface area contributed by atoms with Crippen molar-refractivity contribution in [3.05, 3.63) is 23.9 Å². The third-order valence-electron chi connectivity index (χ3n) is 3.75. The number of hydrogen-bond acceptors (Lipinski definition) is 5. The average molecular weight is 313 g/mol. The maximum absolute atomic E-state index is 12.3. The molecule has 1 unspecified atom stereocenters. The minimum atomic E-state index is -4.00. The lowest BCUT2D eigenvalue weighted by Gasteiger charge is -2.43. The van der Waals surface area contributed by atoms with E-state index < -0.39 is 21.8 Å². The van der Waals surface area contributed by atoms with Crippen molar-refractivity contribution in [3.63, 3.8) is 0 Å². The van der Waals surface area contributed by atoms with Crippen LogP contribution >= 0.6 is 0 Å². The molecule has 0 aliphatic carbocycles. The van der Waals surface area contributed by atoms with E-state index in [0.717, 1.165) is 18.4 Å². The second-order valence-electron chi connectivity index (χ2n) is 5.25. The van der Waals surface area contributed by atoms with Crippen LogP contribution in [-0.2, 0) is 15.7 Å². The van der Waals surface area contributed by atoms with Gasteiger partial charge in [-0.15, -0.1) is 0 Å². The number of primary amides is 1. The topological polar surface area (TPSA) is 131 Å². The number of carbonyl (C=O) groups excluding carboxylic acids is 1. The molecule has 116 valence electrons. The number of pyridine rings is 1. The van der Waals surface area contributed by atoms with E-state index in [1.165, 1.54) is 4.31 Å². The van der Waals surface area contributed by atoms with Gasteiger partial charge >= 0.3 is 16.2 Å². The standard InChI is InChI=1S/C12H19N5O3S/c1-12(9-4-5-10(13)15-8-9)6-2-3-7-17(12)21(19,20)16-11(14)18/h4-5,8H,2-3,6-7H2,1H3,(H2,13,15)(H3,14,16,18). The molecule has 21 heavy (non-hydrogen) atoms. The summed E-state index contributed by atoms with van der Waals surface area (Å²) in [6.07, 6.45) is 3.78. The van der Waals surface area contributed by atoms with Gasteiger partial charge in [-0.1, -0.05) is 6.07 Å². The monoisotopic (exact) mass is 313 g/mol. The molecule has 0 radical (unpaired) electrons. The van der Waals surface area contributed by atoms with E-state index in [2.05, 4.69) is 4.98 Å². The molecule has 1 aromatic heterocycles. The van der Waals surface area contributed by atoms with Gasteiger partial charge < -0.3 is 11.5 Å². The summed E-state index contributed by atoms with van der Waals surface area (Å²) in [6.45, 7) is 2.11. The largest absolute Gasteiger partial charge is 0.384 e. The van der Waals surface area contributed by atoms with E-state index in [4.69, 9.17) is 11.5 Å². The number of nitrogens with zero attached hydrogens (tertiary/aromatic N) is 2. The van der Waals surface area contributed by atoms with Crippen LogP contribution in [0.3, 0.4) is 0 Å². The van der Waals surface area contributed by atoms with Crippen molar-refractivity contribution in [3.8, 4) is 0 Å². The predicted octanol–water partition coefficient (Wildman–Crippen LogP) is 0.278. The zero-order valence-electron chi connectivity index (χ0n) is 11.7. The van der Waals surface area contributed by atoms with Crippen molar-refractivity contribution < 1.29 is 13.2 Å². The van der Waals surface area contributed by atoms with Crippen LogP contribution in [0.4, 0.5) is 10.6 Å². The van der Waals surface area contributed by atoms with Gasteiger partial charge in [-0.2, -0.15) is 12.7 Å². The van der Waals surface area contributed by atoms with Crippen LogP contribution < -0.4 is 16.2 Å². The highest BCUT2D eigenvalue weighted by molar-refractivity contribution is 7.87. The Balaban J connectivity index is 2.43. The third-order valence-corrected chi connectivity index (χ3v) is 5.38. The molecule has 2 amide bonds. The van der Waals surface area contributed by atoms with Crippen LogP contribution in [0.1, 0.15) is 31.7 Å². The first-order chi connectivity index (χ1) is 9.75. The minimum absolute atomic E-state index is 0.309. The molecule has 1 aromatic rings. The number of anilines is 1. The van der Waals surface area contributed by atoms with Crippen LogP contribution in [0.15, 0.2) is 18.3 Å². The number of aromatic nitrogens is 1. The highest BCUT2D eigenvalue weighted by Crippen LogP contribution is 2.38. The van der Waals surface area contributed by atoms with Gasteiger partial charge in [0.15, 0.2) is 0 Å². The molecular formula is C12H19N5O3S. The van der Waals surface area contributed by atoms with E-state index in [1.54, 1.807) is 25.3 Å². The molecule has 1 fully saturated rings. The third kappa shape index (κ3) is 3.08. The SMILES string of the molecule is CC1(c2ccc(N)nc2)CCCCN1S(=O)(=O)NC(N)=O. The van der Waals surface area contributed by atoms with Gasteiger partial charge in [-0.25, -0.2) is 14.5 Å². The fourth-order valence-electron chi connectivity index (χ4n) is 2.68. The highest BCUT2D eigenvalue weighted by Gasteiger charge is 2.43. The zero-order valence-corrected chi connectivity index (χ0v) is 12.6. The molecule has 9 heteroatoms. The number of amides is 2. The van der Waals surface area contributed by atoms with Crippen LogP contribution in [-0.4, -0.2) is 30.3 Å². The molecule has 1 saturated heterocycles. The summed E-state index contributed by atoms with van der Waals surface area (Å²) in [5.41, 5.74) is 10.5. The first-order valence-corrected chi connectivity index (χ1v) is 8.02. The van der Waals surface area contributed by atoms with Crippen LogP contribution in [0.25, 0.3) is 0 Å². The van der Waals surface area contributed by atoms with E-state index in [-0.39, 0.29) is 0 Å². The van der Waals surface area contributed by atoms with Crippen molar-refractivity contribution in [1.82, 2.24) is 14.0 Å². The van der Waals surface area contributed by atoms with Gasteiger partial charge in [0.2, 0.25) is 0 Å². The quantitative estimate of drug-likeness (QED) is 0.737. The van der Waals surface area contributed by atoms with Gasteiger partial charge in [0, 0.05) is 12.7 Å². The minimum Gasteiger partial charge on any atom is -0.384 e. The maximum Gasteiger partial charge on any atom is 0.326 e. The second kappa shape index (κ2) is 5.49. The number of piperidine rings is 1. The van der Waals surface area contributed by atoms with E-state index in [9.17, 15) is 13.2 Å². The van der Waals surface area contributed by atoms with Crippen LogP contribution in [0, 0.1) is 0 Å². The number of nitrogens with two attached hydrogens (primary N) is 2. The number of nitrogen functional groups attached to an aromatic ring is 1. The summed E-state index contributed by atoms with van der Waals surface area (Å²) >= 11 is 0. The molecule has 0 spiro atoms. The number of hydrogen-bond donors (Lipinski definition) is 3. The smallest absolute Gasteiger partial charge is 0.326 e. The van der Waals surface area contributed by atoms with E-state index >= 15 is 0 Å². The molecule has 0 bridgehead atoms. The Kier molecular flexibility index (Phi) is 4.06. The molecule has 5 N–H and O–H groups in total. The number of carbonyl (C=O) groups is 1. The van der Waals surface area contributed by atoms with Crippen LogP contribution in [0.5, 0.6) is 0 Å². The fraction of sp³-hybridized carbons (Fsp3) is 0.500. The van der Waals surface area contributed by atoms with Gasteiger partial charge in [-0.3, -0.25) is 0 Å². The number of rotatable bonds is 3. The lowest BCUT2D eigenvalue weighted by molar-refractivity contribution is 0.148. The molecular weight excluding hydrogens is 294 g/mol. The first-order valence-electron chi connectivity index (χ1n) is 6.58. The lowest BCUT2D eigenvalue weighted by atomic mass is 9.85. The van der Waals surface area contributed by atoms with Gasteiger partial charge in [-0.05, 0) is 37.8 Å². The molecule has 1 aliphatic rings. The summed E-state index contributed by atoms with van der Waals surface area (Å²) < 4.78 is 27.7. The predicted molar refractivity (Wildman–Crippen MR) is 78.2 cm³/mol. The van der Waals surface area contributed by atoms with E-state index in [1.807, 2.05) is 4.72 Å². The number of urea groups is 1. The normalized spacial score (nSPS) is 23.7. The summed E-state index contributed by atoms with van der Waals surface area (Å²) in [7, 11) is -4.00. The van der Waals surface area contributed by atoms with Crippen molar-refractivity contribution in [2.45, 2.75) is 31.7 Å². The Morgan fingerprint density at radius 1 is 1.43 bits per heavy atom. The maximum atomic E-state index is 12.3. The fourth-order valence-corrected chi connectivity index (χ4v) is 4.14. The summed E-state index contributed by atoms with van der Waals surface area (Å²) in [6, 6.07) is 2.28. The zero-order chi connectivity index (χ0) is 15.7. The Morgan fingerprint density at radius 3 is 2.71 bits per heavy atom. The molecule has 0 saturated carbocycles. The summed E-state index contributed by atoms with van der Waals surface area (Å²) in [5, 5.41) is 0. The molecule has 1 aliphatic heterocycles. The van der Waals surface area contributed by atoms with Gasteiger partial charge in [0.05, 0.1) is 5.54 Å². The molecule has 8 nitrogen and oxygen atoms in total. The Morgan fingerprint density at radius 2 is 2.14 bits per heavy atom. The lowest BCUT2D eigenvalue weighted by Crippen LogP contribution is -2.56. The van der Waals surface area contributed by atoms with Crippen molar-refractivity contribution in [1.29, 1.82) is 0 Å². The van der Waals surface area contributed by atoms with Crippen molar-refractivity contribution in [2.24, 2.45) is 5.73 Å². The second-order valence-corrected chi connectivity index (χ2v) is 6.84. The molecule has 0 aromatic carbocycles. The molecule has 2 heterocycles. The first kappa shape index (κ1) is 15.5. The highest BCUT2D eigenvalue weighted by atomic mass is 32.2.